The highest BCUT2D eigenvalue weighted by Crippen LogP contribution is 2.15. The number of aryl methyl sites for hydroxylation is 1. The lowest BCUT2D eigenvalue weighted by Gasteiger charge is -2.11. The van der Waals surface area contributed by atoms with Crippen LogP contribution in [0.1, 0.15) is 27.3 Å². The number of para-hydroxylation sites is 1. The molecule has 4 nitrogen and oxygen atoms in total. The van der Waals surface area contributed by atoms with Crippen LogP contribution in [0.25, 0.3) is 0 Å². The lowest BCUT2D eigenvalue weighted by Crippen LogP contribution is -2.24. The van der Waals surface area contributed by atoms with Crippen molar-refractivity contribution in [2.24, 2.45) is 4.99 Å². The molecule has 4 heteroatoms. The van der Waals surface area contributed by atoms with Crippen molar-refractivity contribution >= 4 is 17.8 Å². The Bertz CT molecular complexity index is 865. The number of nitrogens with zero attached hydrogens (tertiary/aromatic N) is 2. The Morgan fingerprint density at radius 1 is 1.00 bits per heavy atom. The highest BCUT2D eigenvalue weighted by molar-refractivity contribution is 6.00. The molecule has 3 aromatic rings. The molecule has 0 fully saturated rings. The second kappa shape index (κ2) is 6.96. The molecule has 0 aliphatic rings. The van der Waals surface area contributed by atoms with E-state index in [4.69, 9.17) is 0 Å². The normalized spacial score (nSPS) is 10.9. The molecule has 0 atom stereocenters. The summed E-state index contributed by atoms with van der Waals surface area (Å²) in [6.45, 7) is 3.92. The fourth-order valence-electron chi connectivity index (χ4n) is 2.50. The minimum absolute atomic E-state index is 0.135. The minimum Gasteiger partial charge on any atom is -0.267 e. The zero-order valence-electron chi connectivity index (χ0n) is 13.7. The van der Waals surface area contributed by atoms with Crippen LogP contribution in [0.5, 0.6) is 0 Å². The number of amides is 1. The van der Waals surface area contributed by atoms with E-state index >= 15 is 0 Å². The second-order valence-corrected chi connectivity index (χ2v) is 5.56. The van der Waals surface area contributed by atoms with Crippen LogP contribution in [0.4, 0.5) is 5.69 Å². The first-order valence-electron chi connectivity index (χ1n) is 7.79. The van der Waals surface area contributed by atoms with Crippen molar-refractivity contribution in [1.29, 1.82) is 0 Å². The van der Waals surface area contributed by atoms with E-state index in [0.717, 1.165) is 22.6 Å². The van der Waals surface area contributed by atoms with Crippen molar-refractivity contribution < 1.29 is 4.79 Å². The van der Waals surface area contributed by atoms with Crippen LogP contribution in [0.3, 0.4) is 0 Å². The standard InChI is InChI=1S/C20H19N3O/c1-15-13-18(14-21-19-11-7-4-8-12-19)16(2)23(15)22-20(24)17-9-5-3-6-10-17/h3-14H,1-2H3,(H,22,24). The third-order valence-electron chi connectivity index (χ3n) is 3.83. The van der Waals surface area contributed by atoms with Crippen LogP contribution < -0.4 is 5.43 Å². The van der Waals surface area contributed by atoms with Gasteiger partial charge < -0.3 is 0 Å². The summed E-state index contributed by atoms with van der Waals surface area (Å²) < 4.78 is 1.79. The number of benzene rings is 2. The monoisotopic (exact) mass is 317 g/mol. The molecule has 1 N–H and O–H groups in total. The van der Waals surface area contributed by atoms with E-state index in [1.807, 2.05) is 74.7 Å². The van der Waals surface area contributed by atoms with Crippen LogP contribution in [0, 0.1) is 13.8 Å². The molecule has 120 valence electrons. The van der Waals surface area contributed by atoms with Gasteiger partial charge in [0, 0.05) is 28.7 Å². The molecule has 0 aliphatic carbocycles. The first kappa shape index (κ1) is 15.7. The topological polar surface area (TPSA) is 46.4 Å². The molecule has 3 rings (SSSR count). The van der Waals surface area contributed by atoms with E-state index in [1.165, 1.54) is 0 Å². The van der Waals surface area contributed by atoms with Gasteiger partial charge in [-0.25, -0.2) is 0 Å². The van der Waals surface area contributed by atoms with Gasteiger partial charge in [0.2, 0.25) is 0 Å². The maximum absolute atomic E-state index is 12.3. The van der Waals surface area contributed by atoms with Gasteiger partial charge in [0.15, 0.2) is 0 Å². The molecule has 0 saturated carbocycles. The van der Waals surface area contributed by atoms with E-state index in [0.29, 0.717) is 5.56 Å². The summed E-state index contributed by atoms with van der Waals surface area (Å²) in [5.74, 6) is -0.135. The molecule has 0 saturated heterocycles. The number of nitrogens with one attached hydrogen (secondary N) is 1. The number of rotatable bonds is 4. The van der Waals surface area contributed by atoms with Crippen molar-refractivity contribution in [3.63, 3.8) is 0 Å². The fourth-order valence-corrected chi connectivity index (χ4v) is 2.50. The van der Waals surface area contributed by atoms with E-state index in [-0.39, 0.29) is 5.91 Å². The molecule has 24 heavy (non-hydrogen) atoms. The van der Waals surface area contributed by atoms with Crippen LogP contribution in [-0.4, -0.2) is 16.8 Å². The molecular formula is C20H19N3O. The van der Waals surface area contributed by atoms with E-state index in [1.54, 1.807) is 16.8 Å². The van der Waals surface area contributed by atoms with Crippen molar-refractivity contribution in [1.82, 2.24) is 4.68 Å². The third-order valence-corrected chi connectivity index (χ3v) is 3.83. The number of hydrogen-bond acceptors (Lipinski definition) is 2. The molecule has 2 aromatic carbocycles. The highest BCUT2D eigenvalue weighted by Gasteiger charge is 2.11. The SMILES string of the molecule is Cc1cc(C=Nc2ccccc2)c(C)n1NC(=O)c1ccccc1. The summed E-state index contributed by atoms with van der Waals surface area (Å²) in [5, 5.41) is 0. The Morgan fingerprint density at radius 2 is 1.62 bits per heavy atom. The maximum Gasteiger partial charge on any atom is 0.270 e. The van der Waals surface area contributed by atoms with E-state index < -0.39 is 0 Å². The predicted octanol–water partition coefficient (Wildman–Crippen LogP) is 4.24. The Morgan fingerprint density at radius 3 is 2.29 bits per heavy atom. The average molecular weight is 317 g/mol. The third kappa shape index (κ3) is 3.43. The lowest BCUT2D eigenvalue weighted by atomic mass is 10.2. The van der Waals surface area contributed by atoms with Crippen LogP contribution in [-0.2, 0) is 0 Å². The molecule has 0 unspecified atom stereocenters. The van der Waals surface area contributed by atoms with Crippen LogP contribution >= 0.6 is 0 Å². The summed E-state index contributed by atoms with van der Waals surface area (Å²) in [7, 11) is 0. The number of aliphatic imine (C=N–C) groups is 1. The number of hydrogen-bond donors (Lipinski definition) is 1. The van der Waals surface area contributed by atoms with Gasteiger partial charge >= 0.3 is 0 Å². The fraction of sp³-hybridized carbons (Fsp3) is 0.100. The molecular weight excluding hydrogens is 298 g/mol. The number of carbonyl (C=O) groups is 1. The molecule has 0 aliphatic heterocycles. The largest absolute Gasteiger partial charge is 0.270 e. The lowest BCUT2D eigenvalue weighted by molar-refractivity contribution is 0.101. The van der Waals surface area contributed by atoms with Gasteiger partial charge in [-0.05, 0) is 44.2 Å². The zero-order chi connectivity index (χ0) is 16.9. The van der Waals surface area contributed by atoms with Crippen molar-refractivity contribution in [3.05, 3.63) is 89.2 Å². The van der Waals surface area contributed by atoms with E-state index in [9.17, 15) is 4.79 Å². The van der Waals surface area contributed by atoms with Crippen molar-refractivity contribution in [3.8, 4) is 0 Å². The zero-order valence-corrected chi connectivity index (χ0v) is 13.7. The van der Waals surface area contributed by atoms with Gasteiger partial charge in [-0.3, -0.25) is 19.9 Å². The molecule has 1 aromatic heterocycles. The van der Waals surface area contributed by atoms with Crippen LogP contribution in [0.2, 0.25) is 0 Å². The van der Waals surface area contributed by atoms with Gasteiger partial charge in [0.25, 0.3) is 5.91 Å². The first-order chi connectivity index (χ1) is 11.6. The van der Waals surface area contributed by atoms with Gasteiger partial charge in [-0.15, -0.1) is 0 Å². The summed E-state index contributed by atoms with van der Waals surface area (Å²) in [5.41, 5.74) is 7.33. The summed E-state index contributed by atoms with van der Waals surface area (Å²) in [6.07, 6.45) is 1.82. The molecule has 1 heterocycles. The summed E-state index contributed by atoms with van der Waals surface area (Å²) >= 11 is 0. The molecule has 0 spiro atoms. The minimum atomic E-state index is -0.135. The highest BCUT2D eigenvalue weighted by atomic mass is 16.2. The molecule has 0 radical (unpaired) electrons. The Labute approximate surface area is 141 Å². The smallest absolute Gasteiger partial charge is 0.267 e. The van der Waals surface area contributed by atoms with Crippen molar-refractivity contribution in [2.45, 2.75) is 13.8 Å². The molecule has 0 bridgehead atoms. The van der Waals surface area contributed by atoms with Gasteiger partial charge in [0.1, 0.15) is 0 Å². The maximum atomic E-state index is 12.3. The Balaban J connectivity index is 1.82. The van der Waals surface area contributed by atoms with Crippen LogP contribution in [0.15, 0.2) is 71.7 Å². The van der Waals surface area contributed by atoms with Gasteiger partial charge in [-0.1, -0.05) is 36.4 Å². The number of aromatic nitrogens is 1. The van der Waals surface area contributed by atoms with E-state index in [2.05, 4.69) is 10.4 Å². The van der Waals surface area contributed by atoms with Gasteiger partial charge in [0.05, 0.1) is 5.69 Å². The molecule has 1 amide bonds. The van der Waals surface area contributed by atoms with Crippen molar-refractivity contribution in [2.75, 3.05) is 5.43 Å². The Hall–Kier alpha value is -3.14. The first-order valence-corrected chi connectivity index (χ1v) is 7.79. The predicted molar refractivity (Wildman–Crippen MR) is 97.7 cm³/mol. The quantitative estimate of drug-likeness (QED) is 0.719. The second-order valence-electron chi connectivity index (χ2n) is 5.56. The Kier molecular flexibility index (Phi) is 4.57. The van der Waals surface area contributed by atoms with Gasteiger partial charge in [-0.2, -0.15) is 0 Å². The summed E-state index contributed by atoms with van der Waals surface area (Å²) in [4.78, 5) is 16.8. The number of carbonyl (C=O) groups excluding carboxylic acids is 1. The average Bonchev–Trinajstić information content (AvgIpc) is 2.89. The summed E-state index contributed by atoms with van der Waals surface area (Å²) in [6, 6.07) is 21.0.